The summed E-state index contributed by atoms with van der Waals surface area (Å²) in [5, 5.41) is 6.00. The minimum absolute atomic E-state index is 0.0223. The molecule has 0 bridgehead atoms. The van der Waals surface area contributed by atoms with E-state index in [1.807, 2.05) is 135 Å². The normalized spacial score (nSPS) is 18.5. The number of benzene rings is 4. The lowest BCUT2D eigenvalue weighted by atomic mass is 9.99. The third-order valence-electron chi connectivity index (χ3n) is 9.84. The van der Waals surface area contributed by atoms with Gasteiger partial charge in [-0.2, -0.15) is 0 Å². The molecular weight excluding hydrogens is 624 g/mol. The molecule has 2 aliphatic rings. The van der Waals surface area contributed by atoms with Crippen molar-refractivity contribution < 1.29 is 19.2 Å². The average Bonchev–Trinajstić information content (AvgIpc) is 3.86. The molecule has 8 nitrogen and oxygen atoms in total. The fourth-order valence-corrected chi connectivity index (χ4v) is 6.87. The van der Waals surface area contributed by atoms with Gasteiger partial charge in [0.1, 0.15) is 12.1 Å². The molecule has 6 rings (SSSR count). The maximum absolute atomic E-state index is 13.3. The minimum atomic E-state index is -0.482. The molecule has 0 saturated carbocycles. The highest BCUT2D eigenvalue weighted by Gasteiger charge is 2.37. The number of likely N-dealkylation sites (tertiary alicyclic amines) is 2. The summed E-state index contributed by atoms with van der Waals surface area (Å²) in [7, 11) is 0. The molecule has 2 heterocycles. The molecule has 0 aromatic heterocycles. The lowest BCUT2D eigenvalue weighted by Crippen LogP contribution is -2.44. The minimum Gasteiger partial charge on any atom is -0.330 e. The zero-order valence-electron chi connectivity index (χ0n) is 28.6. The number of hydrogen-bond acceptors (Lipinski definition) is 4. The highest BCUT2D eigenvalue weighted by atomic mass is 16.2. The molecule has 0 radical (unpaired) electrons. The van der Waals surface area contributed by atoms with Gasteiger partial charge in [-0.25, -0.2) is 0 Å². The highest BCUT2D eigenvalue weighted by molar-refractivity contribution is 5.99. The van der Waals surface area contributed by atoms with Crippen LogP contribution in [0.25, 0.3) is 12.2 Å². The molecule has 0 unspecified atom stereocenters. The molecule has 0 spiro atoms. The van der Waals surface area contributed by atoms with Crippen LogP contribution in [0.3, 0.4) is 0 Å². The second-order valence-electron chi connectivity index (χ2n) is 13.2. The summed E-state index contributed by atoms with van der Waals surface area (Å²) in [6.07, 6.45) is 6.87. The number of carbonyl (C=O) groups is 4. The third-order valence-corrected chi connectivity index (χ3v) is 9.84. The quantitative estimate of drug-likeness (QED) is 0.173. The van der Waals surface area contributed by atoms with Gasteiger partial charge in [-0.1, -0.05) is 97.1 Å². The first-order valence-corrected chi connectivity index (χ1v) is 17.5. The fourth-order valence-electron chi connectivity index (χ4n) is 6.87. The van der Waals surface area contributed by atoms with Crippen LogP contribution < -0.4 is 10.6 Å². The topological polar surface area (TPSA) is 98.8 Å². The van der Waals surface area contributed by atoms with Crippen molar-refractivity contribution >= 4 is 47.2 Å². The lowest BCUT2D eigenvalue weighted by Gasteiger charge is -2.27. The van der Waals surface area contributed by atoms with E-state index in [0.29, 0.717) is 37.3 Å². The molecule has 50 heavy (non-hydrogen) atoms. The van der Waals surface area contributed by atoms with Crippen molar-refractivity contribution in [2.75, 3.05) is 23.7 Å². The molecule has 8 heteroatoms. The van der Waals surface area contributed by atoms with Gasteiger partial charge in [0, 0.05) is 24.5 Å². The van der Waals surface area contributed by atoms with Crippen LogP contribution in [0.2, 0.25) is 0 Å². The van der Waals surface area contributed by atoms with Crippen LogP contribution in [-0.4, -0.2) is 58.6 Å². The van der Waals surface area contributed by atoms with E-state index in [4.69, 9.17) is 0 Å². The maximum atomic E-state index is 13.3. The van der Waals surface area contributed by atoms with Crippen molar-refractivity contribution in [2.24, 2.45) is 0 Å². The molecule has 2 saturated heterocycles. The smallest absolute Gasteiger partial charge is 0.247 e. The van der Waals surface area contributed by atoms with Crippen molar-refractivity contribution in [1.82, 2.24) is 9.80 Å². The van der Waals surface area contributed by atoms with Gasteiger partial charge in [0.25, 0.3) is 0 Å². The van der Waals surface area contributed by atoms with E-state index in [-0.39, 0.29) is 35.5 Å². The average molecular weight is 669 g/mol. The number of anilines is 2. The number of carbonyl (C=O) groups excluding carboxylic acids is 4. The molecule has 4 aromatic rings. The van der Waals surface area contributed by atoms with Crippen LogP contribution in [0.15, 0.2) is 109 Å². The van der Waals surface area contributed by atoms with Crippen LogP contribution >= 0.6 is 0 Å². The number of rotatable bonds is 10. The van der Waals surface area contributed by atoms with Crippen LogP contribution in [0.1, 0.15) is 73.6 Å². The Morgan fingerprint density at radius 1 is 0.560 bits per heavy atom. The summed E-state index contributed by atoms with van der Waals surface area (Å²) in [6, 6.07) is 33.6. The molecule has 4 amide bonds. The maximum Gasteiger partial charge on any atom is 0.247 e. The van der Waals surface area contributed by atoms with E-state index in [0.717, 1.165) is 35.1 Å². The van der Waals surface area contributed by atoms with Crippen molar-refractivity contribution in [3.63, 3.8) is 0 Å². The summed E-state index contributed by atoms with van der Waals surface area (Å²) in [4.78, 5) is 56.4. The summed E-state index contributed by atoms with van der Waals surface area (Å²) >= 11 is 0. The Balaban J connectivity index is 1.000. The van der Waals surface area contributed by atoms with Gasteiger partial charge in [0.15, 0.2) is 0 Å². The monoisotopic (exact) mass is 668 g/mol. The molecule has 4 aromatic carbocycles. The Kier molecular flexibility index (Phi) is 10.9. The largest absolute Gasteiger partial charge is 0.330 e. The van der Waals surface area contributed by atoms with Crippen molar-refractivity contribution in [3.8, 4) is 0 Å². The Labute approximate surface area is 294 Å². The van der Waals surface area contributed by atoms with E-state index < -0.39 is 12.1 Å². The first kappa shape index (κ1) is 34.4. The summed E-state index contributed by atoms with van der Waals surface area (Å²) < 4.78 is 0. The zero-order valence-corrected chi connectivity index (χ0v) is 28.6. The Morgan fingerprint density at radius 2 is 0.920 bits per heavy atom. The van der Waals surface area contributed by atoms with Crippen LogP contribution in [0, 0.1) is 0 Å². The van der Waals surface area contributed by atoms with Crippen molar-refractivity contribution in [1.29, 1.82) is 0 Å². The van der Waals surface area contributed by atoms with Gasteiger partial charge in [-0.3, -0.25) is 19.2 Å². The fraction of sp³-hybridized carbons (Fsp3) is 0.286. The van der Waals surface area contributed by atoms with Gasteiger partial charge in [0.2, 0.25) is 23.6 Å². The van der Waals surface area contributed by atoms with E-state index in [1.54, 1.807) is 9.80 Å². The summed E-state index contributed by atoms with van der Waals surface area (Å²) in [5.41, 5.74) is 5.18. The van der Waals surface area contributed by atoms with Gasteiger partial charge in [-0.15, -0.1) is 0 Å². The molecular formula is C42H44N4O4. The number of amides is 4. The Bertz CT molecular complexity index is 1690. The molecule has 2 fully saturated rings. The summed E-state index contributed by atoms with van der Waals surface area (Å²) in [5.74, 6) is -0.988. The Hall–Kier alpha value is -5.50. The zero-order chi connectivity index (χ0) is 35.0. The first-order chi connectivity index (χ1) is 24.3. The van der Waals surface area contributed by atoms with Crippen LogP contribution in [0.5, 0.6) is 0 Å². The van der Waals surface area contributed by atoms with Crippen LogP contribution in [-0.2, 0) is 19.2 Å². The second-order valence-corrected chi connectivity index (χ2v) is 13.2. The van der Waals surface area contributed by atoms with Crippen molar-refractivity contribution in [2.45, 2.75) is 63.5 Å². The molecule has 256 valence electrons. The second kappa shape index (κ2) is 15.8. The predicted molar refractivity (Wildman–Crippen MR) is 198 cm³/mol. The van der Waals surface area contributed by atoms with E-state index in [2.05, 4.69) is 10.6 Å². The SMILES string of the molecule is C[C@H](C(=O)N1CCC[C@@H]1C(=O)Nc1ccc(/C=C/c2ccc(NC(=O)[C@H]3CCCN3C(=O)[C@@H](C)c3ccccc3)cc2)cc1)c1ccccc1. The Morgan fingerprint density at radius 3 is 1.28 bits per heavy atom. The lowest BCUT2D eigenvalue weighted by molar-refractivity contribution is -0.137. The number of nitrogens with zero attached hydrogens (tertiary/aromatic N) is 2. The third kappa shape index (κ3) is 8.03. The van der Waals surface area contributed by atoms with Gasteiger partial charge >= 0.3 is 0 Å². The summed E-state index contributed by atoms with van der Waals surface area (Å²) in [6.45, 7) is 4.96. The van der Waals surface area contributed by atoms with Gasteiger partial charge in [-0.05, 0) is 86.1 Å². The molecule has 2 N–H and O–H groups in total. The van der Waals surface area contributed by atoms with Crippen LogP contribution in [0.4, 0.5) is 11.4 Å². The standard InChI is InChI=1S/C42H44N4O4/c1-29(33-11-5-3-6-12-33)41(49)45-27-9-15-37(45)39(47)43-35-23-19-31(20-24-35)17-18-32-21-25-36(26-22-32)44-40(48)38-16-10-28-46(38)42(50)30(2)34-13-7-4-8-14-34/h3-8,11-14,17-26,29-30,37-38H,9-10,15-16,27-28H2,1-2H3,(H,43,47)(H,44,48)/b18-17+/t29-,30-,37+,38+/m0/s1. The van der Waals surface area contributed by atoms with E-state index in [1.165, 1.54) is 0 Å². The van der Waals surface area contributed by atoms with Crippen molar-refractivity contribution in [3.05, 3.63) is 131 Å². The van der Waals surface area contributed by atoms with E-state index >= 15 is 0 Å². The molecule has 2 aliphatic heterocycles. The first-order valence-electron chi connectivity index (χ1n) is 17.5. The van der Waals surface area contributed by atoms with Gasteiger partial charge < -0.3 is 20.4 Å². The number of hydrogen-bond donors (Lipinski definition) is 2. The predicted octanol–water partition coefficient (Wildman–Crippen LogP) is 7.32. The molecule has 4 atom stereocenters. The highest BCUT2D eigenvalue weighted by Crippen LogP contribution is 2.27. The number of nitrogens with one attached hydrogen (secondary N) is 2. The molecule has 0 aliphatic carbocycles. The van der Waals surface area contributed by atoms with Gasteiger partial charge in [0.05, 0.1) is 11.8 Å². The van der Waals surface area contributed by atoms with E-state index in [9.17, 15) is 19.2 Å².